The maximum Gasteiger partial charge on any atom is 0.188 e. The number of hydrogen-bond acceptors (Lipinski definition) is 3. The van der Waals surface area contributed by atoms with Crippen LogP contribution < -0.4 is 0 Å². The van der Waals surface area contributed by atoms with E-state index in [0.717, 1.165) is 12.8 Å². The quantitative estimate of drug-likeness (QED) is 0.605. The van der Waals surface area contributed by atoms with Gasteiger partial charge in [-0.1, -0.05) is 11.8 Å². The van der Waals surface area contributed by atoms with Crippen LogP contribution in [0.3, 0.4) is 0 Å². The lowest BCUT2D eigenvalue weighted by Crippen LogP contribution is -1.91. The molecule has 0 saturated carbocycles. The number of carbonyl (C=O) groups is 1. The van der Waals surface area contributed by atoms with Crippen LogP contribution in [0.5, 0.6) is 0 Å². The first-order valence-corrected chi connectivity index (χ1v) is 4.21. The normalized spacial score (nSPS) is 9.56. The van der Waals surface area contributed by atoms with E-state index in [1.807, 2.05) is 0 Å². The summed E-state index contributed by atoms with van der Waals surface area (Å²) in [5.74, 6) is 0. The summed E-state index contributed by atoms with van der Waals surface area (Å²) in [6.07, 6.45) is 3.94. The van der Waals surface area contributed by atoms with E-state index in [0.29, 0.717) is 6.42 Å². The molecule has 0 aliphatic carbocycles. The average Bonchev–Trinajstić information content (AvgIpc) is 1.89. The van der Waals surface area contributed by atoms with Crippen molar-refractivity contribution in [3.8, 4) is 0 Å². The standard InChI is InChI=1S/C6H12O2S/c1-9-6(8)4-2-3-5-7/h7H,2-5H2,1H3. The minimum absolute atomic E-state index is 0.196. The Morgan fingerprint density at radius 2 is 2.22 bits per heavy atom. The molecule has 0 saturated heterocycles. The van der Waals surface area contributed by atoms with Gasteiger partial charge in [0.05, 0.1) is 0 Å². The van der Waals surface area contributed by atoms with Gasteiger partial charge in [0, 0.05) is 13.0 Å². The van der Waals surface area contributed by atoms with Gasteiger partial charge in [0.2, 0.25) is 0 Å². The molecule has 0 fully saturated rings. The maximum atomic E-state index is 10.6. The number of rotatable bonds is 4. The van der Waals surface area contributed by atoms with Crippen molar-refractivity contribution in [1.29, 1.82) is 0 Å². The molecule has 0 aromatic rings. The number of thioether (sulfide) groups is 1. The molecule has 0 amide bonds. The Labute approximate surface area is 59.6 Å². The predicted molar refractivity (Wildman–Crippen MR) is 39.5 cm³/mol. The number of carbonyl (C=O) groups excluding carboxylic acids is 1. The Balaban J connectivity index is 2.97. The van der Waals surface area contributed by atoms with E-state index >= 15 is 0 Å². The molecule has 0 radical (unpaired) electrons. The molecule has 2 nitrogen and oxygen atoms in total. The van der Waals surface area contributed by atoms with Crippen LogP contribution in [-0.2, 0) is 4.79 Å². The summed E-state index contributed by atoms with van der Waals surface area (Å²) in [6.45, 7) is 0.196. The van der Waals surface area contributed by atoms with Crippen LogP contribution in [-0.4, -0.2) is 23.1 Å². The van der Waals surface area contributed by atoms with Gasteiger partial charge < -0.3 is 5.11 Å². The van der Waals surface area contributed by atoms with E-state index < -0.39 is 0 Å². The van der Waals surface area contributed by atoms with Gasteiger partial charge in [-0.15, -0.1) is 0 Å². The molecule has 0 atom stereocenters. The van der Waals surface area contributed by atoms with Crippen molar-refractivity contribution in [3.63, 3.8) is 0 Å². The van der Waals surface area contributed by atoms with Crippen LogP contribution in [0.1, 0.15) is 19.3 Å². The highest BCUT2D eigenvalue weighted by Gasteiger charge is 1.96. The Hall–Kier alpha value is -0.0200. The summed E-state index contributed by atoms with van der Waals surface area (Å²) in [4.78, 5) is 10.6. The lowest BCUT2D eigenvalue weighted by molar-refractivity contribution is -0.111. The highest BCUT2D eigenvalue weighted by Crippen LogP contribution is 2.03. The van der Waals surface area contributed by atoms with Crippen molar-refractivity contribution < 1.29 is 9.90 Å². The number of hydrogen-bond donors (Lipinski definition) is 1. The van der Waals surface area contributed by atoms with Crippen molar-refractivity contribution >= 4 is 16.9 Å². The van der Waals surface area contributed by atoms with Crippen molar-refractivity contribution in [3.05, 3.63) is 0 Å². The van der Waals surface area contributed by atoms with Gasteiger partial charge in [0.1, 0.15) is 0 Å². The molecular weight excluding hydrogens is 136 g/mol. The van der Waals surface area contributed by atoms with E-state index in [1.165, 1.54) is 11.8 Å². The van der Waals surface area contributed by atoms with Crippen molar-refractivity contribution in [2.45, 2.75) is 19.3 Å². The van der Waals surface area contributed by atoms with E-state index in [-0.39, 0.29) is 11.7 Å². The summed E-state index contributed by atoms with van der Waals surface area (Å²) in [7, 11) is 0. The molecule has 3 heteroatoms. The molecule has 0 aromatic carbocycles. The summed E-state index contributed by atoms with van der Waals surface area (Å²) in [6, 6.07) is 0. The fourth-order valence-electron chi connectivity index (χ4n) is 0.483. The van der Waals surface area contributed by atoms with Gasteiger partial charge in [-0.2, -0.15) is 0 Å². The smallest absolute Gasteiger partial charge is 0.188 e. The van der Waals surface area contributed by atoms with Gasteiger partial charge in [-0.3, -0.25) is 4.79 Å². The summed E-state index contributed by atoms with van der Waals surface area (Å²) < 4.78 is 0. The first kappa shape index (κ1) is 8.98. The molecule has 0 heterocycles. The van der Waals surface area contributed by atoms with Gasteiger partial charge >= 0.3 is 0 Å². The van der Waals surface area contributed by atoms with Crippen LogP contribution in [0.15, 0.2) is 0 Å². The fourth-order valence-corrected chi connectivity index (χ4v) is 0.832. The monoisotopic (exact) mass is 148 g/mol. The number of aliphatic hydroxyl groups excluding tert-OH is 1. The van der Waals surface area contributed by atoms with E-state index in [1.54, 1.807) is 6.26 Å². The SMILES string of the molecule is CSC(=O)CCCCO. The lowest BCUT2D eigenvalue weighted by Gasteiger charge is -1.93. The highest BCUT2D eigenvalue weighted by molar-refractivity contribution is 8.13. The zero-order valence-corrected chi connectivity index (χ0v) is 6.41. The molecular formula is C6H12O2S. The molecule has 0 aliphatic heterocycles. The molecule has 0 spiro atoms. The summed E-state index contributed by atoms with van der Waals surface area (Å²) in [5.41, 5.74) is 0. The van der Waals surface area contributed by atoms with Crippen LogP contribution in [0.4, 0.5) is 0 Å². The molecule has 1 N–H and O–H groups in total. The number of aliphatic hydroxyl groups is 1. The lowest BCUT2D eigenvalue weighted by atomic mass is 10.3. The summed E-state index contributed by atoms with van der Waals surface area (Å²) in [5, 5.41) is 8.55. The first-order chi connectivity index (χ1) is 4.31. The maximum absolute atomic E-state index is 10.6. The average molecular weight is 148 g/mol. The van der Waals surface area contributed by atoms with Gasteiger partial charge in [-0.05, 0) is 19.1 Å². The topological polar surface area (TPSA) is 37.3 Å². The van der Waals surface area contributed by atoms with Crippen molar-refractivity contribution in [1.82, 2.24) is 0 Å². The molecule has 0 aliphatic rings. The molecule has 0 rings (SSSR count). The molecule has 0 bridgehead atoms. The van der Waals surface area contributed by atoms with Crippen LogP contribution in [0, 0.1) is 0 Å². The second-order valence-electron chi connectivity index (χ2n) is 1.76. The Morgan fingerprint density at radius 3 is 2.67 bits per heavy atom. The minimum atomic E-state index is 0.196. The third-order valence-electron chi connectivity index (χ3n) is 1.02. The van der Waals surface area contributed by atoms with Crippen molar-refractivity contribution in [2.75, 3.05) is 12.9 Å². The molecule has 0 aromatic heterocycles. The first-order valence-electron chi connectivity index (χ1n) is 2.99. The van der Waals surface area contributed by atoms with E-state index in [9.17, 15) is 4.79 Å². The van der Waals surface area contributed by atoms with Crippen LogP contribution >= 0.6 is 11.8 Å². The Kier molecular flexibility index (Phi) is 6.09. The van der Waals surface area contributed by atoms with Crippen LogP contribution in [0.25, 0.3) is 0 Å². The largest absolute Gasteiger partial charge is 0.396 e. The minimum Gasteiger partial charge on any atom is -0.396 e. The number of unbranched alkanes of at least 4 members (excludes halogenated alkanes) is 1. The van der Waals surface area contributed by atoms with Gasteiger partial charge in [-0.25, -0.2) is 0 Å². The zero-order valence-electron chi connectivity index (χ0n) is 5.59. The van der Waals surface area contributed by atoms with Crippen LogP contribution in [0.2, 0.25) is 0 Å². The fraction of sp³-hybridized carbons (Fsp3) is 0.833. The van der Waals surface area contributed by atoms with Crippen molar-refractivity contribution in [2.24, 2.45) is 0 Å². The Morgan fingerprint density at radius 1 is 1.56 bits per heavy atom. The third kappa shape index (κ3) is 5.86. The Bertz CT molecular complexity index is 83.1. The highest BCUT2D eigenvalue weighted by atomic mass is 32.2. The summed E-state index contributed by atoms with van der Waals surface area (Å²) >= 11 is 1.25. The van der Waals surface area contributed by atoms with E-state index in [2.05, 4.69) is 0 Å². The molecule has 0 unspecified atom stereocenters. The second-order valence-corrected chi connectivity index (χ2v) is 2.62. The van der Waals surface area contributed by atoms with Gasteiger partial charge in [0.25, 0.3) is 0 Å². The predicted octanol–water partition coefficient (Wildman–Crippen LogP) is 1.04. The molecule has 54 valence electrons. The second kappa shape index (κ2) is 6.11. The van der Waals surface area contributed by atoms with E-state index in [4.69, 9.17) is 5.11 Å². The zero-order chi connectivity index (χ0) is 7.11. The third-order valence-corrected chi connectivity index (χ3v) is 1.68. The van der Waals surface area contributed by atoms with Gasteiger partial charge in [0.15, 0.2) is 5.12 Å². The molecule has 9 heavy (non-hydrogen) atoms.